The number of cyclic esters (lactones) is 1. The first-order valence-corrected chi connectivity index (χ1v) is 6.42. The van der Waals surface area contributed by atoms with Crippen molar-refractivity contribution in [1.82, 2.24) is 0 Å². The number of rotatable bonds is 2. The van der Waals surface area contributed by atoms with Crippen LogP contribution >= 0.6 is 0 Å². The molecule has 2 aromatic carbocycles. The lowest BCUT2D eigenvalue weighted by Crippen LogP contribution is -2.23. The maximum absolute atomic E-state index is 14.3. The Morgan fingerprint density at radius 2 is 2.00 bits per heavy atom. The van der Waals surface area contributed by atoms with Gasteiger partial charge in [-0.25, -0.2) is 4.39 Å². The average molecular weight is 285 g/mol. The topological polar surface area (TPSA) is 58.9 Å². The van der Waals surface area contributed by atoms with Crippen LogP contribution in [0.25, 0.3) is 11.1 Å². The quantitative estimate of drug-likeness (QED) is 0.863. The molecule has 21 heavy (non-hydrogen) atoms. The van der Waals surface area contributed by atoms with Crippen molar-refractivity contribution in [1.29, 1.82) is 0 Å². The summed E-state index contributed by atoms with van der Waals surface area (Å²) in [4.78, 5) is 15.0. The molecule has 1 heterocycles. The predicted molar refractivity (Wildman–Crippen MR) is 75.9 cm³/mol. The molecule has 0 fully saturated rings. The summed E-state index contributed by atoms with van der Waals surface area (Å²) in [5, 5.41) is 9.46. The molecule has 0 spiro atoms. The molecule has 1 aliphatic rings. The van der Waals surface area contributed by atoms with Crippen LogP contribution in [0.1, 0.15) is 5.56 Å². The fraction of sp³-hybridized carbons (Fsp3) is 0.125. The van der Waals surface area contributed by atoms with Crippen molar-refractivity contribution in [3.63, 3.8) is 0 Å². The summed E-state index contributed by atoms with van der Waals surface area (Å²) >= 11 is 0. The van der Waals surface area contributed by atoms with E-state index >= 15 is 0 Å². The van der Waals surface area contributed by atoms with E-state index in [1.165, 1.54) is 18.2 Å². The maximum atomic E-state index is 14.3. The van der Waals surface area contributed by atoms with Gasteiger partial charge in [-0.1, -0.05) is 24.3 Å². The Kier molecular flexibility index (Phi) is 3.39. The average Bonchev–Trinajstić information content (AvgIpc) is 2.48. The molecule has 106 valence electrons. The number of esters is 1. The lowest BCUT2D eigenvalue weighted by Gasteiger charge is -2.13. The summed E-state index contributed by atoms with van der Waals surface area (Å²) in [6.07, 6.45) is 0. The van der Waals surface area contributed by atoms with Crippen molar-refractivity contribution in [2.24, 2.45) is 4.99 Å². The number of phenolic OH excluding ortho intramolecular Hbond substituents is 1. The standard InChI is InChI=1S/C16H12FNO3/c17-14-7-11(15-9-21-16(20)8-18-15)4-5-13(14)10-2-1-3-12(19)6-10/h1-7,19H,8-9H2. The molecule has 3 rings (SSSR count). The predicted octanol–water partition coefficient (Wildman–Crippen LogP) is 2.54. The smallest absolute Gasteiger partial charge is 0.328 e. The van der Waals surface area contributed by atoms with E-state index in [-0.39, 0.29) is 24.9 Å². The van der Waals surface area contributed by atoms with Gasteiger partial charge in [0.2, 0.25) is 0 Å². The normalized spacial score (nSPS) is 14.5. The van der Waals surface area contributed by atoms with Crippen molar-refractivity contribution in [3.8, 4) is 16.9 Å². The molecule has 0 aliphatic carbocycles. The number of ether oxygens (including phenoxy) is 1. The number of carbonyl (C=O) groups excluding carboxylic acids is 1. The Morgan fingerprint density at radius 1 is 1.14 bits per heavy atom. The Hall–Kier alpha value is -2.69. The Labute approximate surface area is 120 Å². The van der Waals surface area contributed by atoms with Gasteiger partial charge in [-0.2, -0.15) is 0 Å². The zero-order valence-corrected chi connectivity index (χ0v) is 11.0. The molecule has 0 atom stereocenters. The molecular formula is C16H12FNO3. The molecular weight excluding hydrogens is 273 g/mol. The molecule has 0 amide bonds. The van der Waals surface area contributed by atoms with E-state index in [9.17, 15) is 14.3 Å². The highest BCUT2D eigenvalue weighted by Crippen LogP contribution is 2.26. The van der Waals surface area contributed by atoms with E-state index in [4.69, 9.17) is 4.74 Å². The first-order chi connectivity index (χ1) is 10.1. The molecule has 0 saturated carbocycles. The van der Waals surface area contributed by atoms with Crippen LogP contribution in [0.4, 0.5) is 4.39 Å². The molecule has 4 nitrogen and oxygen atoms in total. The van der Waals surface area contributed by atoms with Crippen LogP contribution in [-0.4, -0.2) is 29.9 Å². The van der Waals surface area contributed by atoms with Crippen LogP contribution in [0.2, 0.25) is 0 Å². The minimum absolute atomic E-state index is 0.0364. The van der Waals surface area contributed by atoms with E-state index < -0.39 is 5.82 Å². The lowest BCUT2D eigenvalue weighted by atomic mass is 10.0. The molecule has 0 saturated heterocycles. The molecule has 1 N–H and O–H groups in total. The number of nitrogens with zero attached hydrogens (tertiary/aromatic N) is 1. The van der Waals surface area contributed by atoms with Crippen LogP contribution in [0, 0.1) is 5.82 Å². The maximum Gasteiger partial charge on any atom is 0.328 e. The highest BCUT2D eigenvalue weighted by atomic mass is 19.1. The van der Waals surface area contributed by atoms with Gasteiger partial charge in [-0.05, 0) is 23.8 Å². The van der Waals surface area contributed by atoms with Crippen molar-refractivity contribution >= 4 is 11.7 Å². The minimum atomic E-state index is -0.419. The van der Waals surface area contributed by atoms with Crippen LogP contribution in [-0.2, 0) is 9.53 Å². The number of halogens is 1. The van der Waals surface area contributed by atoms with Gasteiger partial charge in [0.1, 0.15) is 24.7 Å². The number of hydrogen-bond acceptors (Lipinski definition) is 4. The third kappa shape index (κ3) is 2.76. The summed E-state index contributed by atoms with van der Waals surface area (Å²) < 4.78 is 19.1. The summed E-state index contributed by atoms with van der Waals surface area (Å²) in [6.45, 7) is 0.0228. The largest absolute Gasteiger partial charge is 0.508 e. The second-order valence-electron chi connectivity index (χ2n) is 4.67. The molecule has 0 bridgehead atoms. The second-order valence-corrected chi connectivity index (χ2v) is 4.67. The number of phenols is 1. The lowest BCUT2D eigenvalue weighted by molar-refractivity contribution is -0.140. The molecule has 0 radical (unpaired) electrons. The fourth-order valence-corrected chi connectivity index (χ4v) is 2.18. The van der Waals surface area contributed by atoms with Crippen molar-refractivity contribution in [2.75, 3.05) is 13.2 Å². The summed E-state index contributed by atoms with van der Waals surface area (Å²) in [5.41, 5.74) is 2.12. The Morgan fingerprint density at radius 3 is 2.67 bits per heavy atom. The van der Waals surface area contributed by atoms with Gasteiger partial charge in [-0.3, -0.25) is 9.79 Å². The first kappa shape index (κ1) is 13.3. The van der Waals surface area contributed by atoms with Gasteiger partial charge in [-0.15, -0.1) is 0 Å². The van der Waals surface area contributed by atoms with Crippen LogP contribution < -0.4 is 0 Å². The van der Waals surface area contributed by atoms with Crippen molar-refractivity contribution in [3.05, 3.63) is 53.8 Å². The molecule has 5 heteroatoms. The van der Waals surface area contributed by atoms with Crippen molar-refractivity contribution in [2.45, 2.75) is 0 Å². The minimum Gasteiger partial charge on any atom is -0.508 e. The van der Waals surface area contributed by atoms with Gasteiger partial charge in [0, 0.05) is 11.1 Å². The fourth-order valence-electron chi connectivity index (χ4n) is 2.18. The number of hydrogen-bond donors (Lipinski definition) is 1. The number of aliphatic imine (C=N–C) groups is 1. The SMILES string of the molecule is O=C1CN=C(c2ccc(-c3cccc(O)c3)c(F)c2)CO1. The zero-order valence-electron chi connectivity index (χ0n) is 11.0. The van der Waals surface area contributed by atoms with E-state index in [0.717, 1.165) is 0 Å². The monoisotopic (exact) mass is 285 g/mol. The third-order valence-electron chi connectivity index (χ3n) is 3.23. The molecule has 2 aromatic rings. The summed E-state index contributed by atoms with van der Waals surface area (Å²) in [5.74, 6) is -0.715. The summed E-state index contributed by atoms with van der Waals surface area (Å²) in [6, 6.07) is 11.1. The second kappa shape index (κ2) is 5.36. The molecule has 0 unspecified atom stereocenters. The zero-order chi connectivity index (χ0) is 14.8. The Bertz CT molecular complexity index is 740. The highest BCUT2D eigenvalue weighted by Gasteiger charge is 2.16. The van der Waals surface area contributed by atoms with E-state index in [1.54, 1.807) is 24.3 Å². The van der Waals surface area contributed by atoms with Crippen LogP contribution in [0.5, 0.6) is 5.75 Å². The van der Waals surface area contributed by atoms with Crippen molar-refractivity contribution < 1.29 is 19.0 Å². The van der Waals surface area contributed by atoms with E-state index in [0.29, 0.717) is 22.4 Å². The number of carbonyl (C=O) groups is 1. The third-order valence-corrected chi connectivity index (χ3v) is 3.23. The van der Waals surface area contributed by atoms with Gasteiger partial charge in [0.25, 0.3) is 0 Å². The number of aromatic hydroxyl groups is 1. The van der Waals surface area contributed by atoms with Crippen LogP contribution in [0.3, 0.4) is 0 Å². The molecule has 1 aliphatic heterocycles. The van der Waals surface area contributed by atoms with Crippen LogP contribution in [0.15, 0.2) is 47.5 Å². The molecule has 0 aromatic heterocycles. The van der Waals surface area contributed by atoms with E-state index in [2.05, 4.69) is 4.99 Å². The van der Waals surface area contributed by atoms with E-state index in [1.807, 2.05) is 0 Å². The first-order valence-electron chi connectivity index (χ1n) is 6.42. The Balaban J connectivity index is 1.95. The summed E-state index contributed by atoms with van der Waals surface area (Å²) in [7, 11) is 0. The van der Waals surface area contributed by atoms with Gasteiger partial charge in [0.15, 0.2) is 0 Å². The number of benzene rings is 2. The van der Waals surface area contributed by atoms with Gasteiger partial charge >= 0.3 is 5.97 Å². The highest BCUT2D eigenvalue weighted by molar-refractivity contribution is 6.04. The van der Waals surface area contributed by atoms with Gasteiger partial charge in [0.05, 0.1) is 5.71 Å². The van der Waals surface area contributed by atoms with Gasteiger partial charge < -0.3 is 9.84 Å².